The summed E-state index contributed by atoms with van der Waals surface area (Å²) in [5, 5.41) is 0. The highest BCUT2D eigenvalue weighted by Gasteiger charge is 2.68. The van der Waals surface area contributed by atoms with Gasteiger partial charge < -0.3 is 9.47 Å². The van der Waals surface area contributed by atoms with E-state index < -0.39 is 23.0 Å². The smallest absolute Gasteiger partial charge is 0.313 e. The molecule has 0 radical (unpaired) electrons. The third kappa shape index (κ3) is 3.20. The minimum atomic E-state index is -1.26. The number of methoxy groups -OCH3 is 1. The summed E-state index contributed by atoms with van der Waals surface area (Å²) in [6.45, 7) is 5.76. The molecule has 0 saturated heterocycles. The van der Waals surface area contributed by atoms with Crippen LogP contribution in [0.3, 0.4) is 0 Å². The number of rotatable bonds is 4. The molecule has 31 heavy (non-hydrogen) atoms. The molecule has 170 valence electrons. The molecule has 0 amide bonds. The number of carbonyl (C=O) groups excluding carboxylic acids is 4. The van der Waals surface area contributed by atoms with Crippen LogP contribution >= 0.6 is 0 Å². The van der Waals surface area contributed by atoms with Crippen LogP contribution in [0.15, 0.2) is 11.6 Å². The molecule has 0 aromatic rings. The van der Waals surface area contributed by atoms with Crippen molar-refractivity contribution in [1.29, 1.82) is 0 Å². The molecule has 6 nitrogen and oxygen atoms in total. The van der Waals surface area contributed by atoms with Gasteiger partial charge in [-0.3, -0.25) is 19.2 Å². The molecule has 6 heteroatoms. The van der Waals surface area contributed by atoms with E-state index in [0.717, 1.165) is 38.5 Å². The Morgan fingerprint density at radius 1 is 1.03 bits per heavy atom. The van der Waals surface area contributed by atoms with Gasteiger partial charge in [0.25, 0.3) is 0 Å². The van der Waals surface area contributed by atoms with E-state index in [2.05, 4.69) is 13.8 Å². The average Bonchev–Trinajstić information content (AvgIpc) is 3.01. The summed E-state index contributed by atoms with van der Waals surface area (Å²) < 4.78 is 10.6. The van der Waals surface area contributed by atoms with Gasteiger partial charge in [-0.15, -0.1) is 0 Å². The quantitative estimate of drug-likeness (QED) is 0.496. The Morgan fingerprint density at radius 2 is 1.74 bits per heavy atom. The van der Waals surface area contributed by atoms with E-state index in [1.165, 1.54) is 19.6 Å². The molecule has 4 rings (SSSR count). The van der Waals surface area contributed by atoms with Crippen LogP contribution in [0.2, 0.25) is 0 Å². The molecule has 3 fully saturated rings. The maximum absolute atomic E-state index is 13.4. The molecular weight excluding hydrogens is 396 g/mol. The Kier molecular flexibility index (Phi) is 5.42. The normalized spacial score (nSPS) is 41.4. The van der Waals surface area contributed by atoms with Crippen LogP contribution < -0.4 is 0 Å². The zero-order valence-electron chi connectivity index (χ0n) is 19.1. The standard InChI is InChI=1S/C25H34O6/c1-15(26)31-25(21(28)14-22(29)30-4)12-9-20-18-6-5-16-13-17(27)7-10-23(16,2)19(18)8-11-24(20,25)3/h13,18-20H,5-12,14H2,1-4H3/t18-,19+,20+,23+,24+,25-/m1/s1. The average molecular weight is 431 g/mol. The molecule has 3 saturated carbocycles. The number of fused-ring (bicyclic) bond motifs is 5. The van der Waals surface area contributed by atoms with Crippen molar-refractivity contribution < 1.29 is 28.7 Å². The van der Waals surface area contributed by atoms with E-state index in [1.807, 2.05) is 6.08 Å². The molecule has 4 aliphatic carbocycles. The van der Waals surface area contributed by atoms with Crippen molar-refractivity contribution in [3.8, 4) is 0 Å². The molecule has 0 aliphatic heterocycles. The predicted octanol–water partition coefficient (Wildman–Crippen LogP) is 3.95. The summed E-state index contributed by atoms with van der Waals surface area (Å²) >= 11 is 0. The minimum absolute atomic E-state index is 0.0425. The summed E-state index contributed by atoms with van der Waals surface area (Å²) in [5.41, 5.74) is -0.407. The van der Waals surface area contributed by atoms with E-state index >= 15 is 0 Å². The molecular formula is C25H34O6. The number of carbonyl (C=O) groups is 4. The highest BCUT2D eigenvalue weighted by Crippen LogP contribution is 2.68. The van der Waals surface area contributed by atoms with Crippen molar-refractivity contribution >= 4 is 23.5 Å². The van der Waals surface area contributed by atoms with E-state index in [1.54, 1.807) is 0 Å². The molecule has 0 bridgehead atoms. The largest absolute Gasteiger partial charge is 0.469 e. The van der Waals surface area contributed by atoms with Gasteiger partial charge in [0.1, 0.15) is 6.42 Å². The molecule has 6 atom stereocenters. The van der Waals surface area contributed by atoms with Crippen molar-refractivity contribution in [1.82, 2.24) is 0 Å². The van der Waals surface area contributed by atoms with Gasteiger partial charge in [-0.2, -0.15) is 0 Å². The highest BCUT2D eigenvalue weighted by atomic mass is 16.6. The van der Waals surface area contributed by atoms with E-state index in [9.17, 15) is 19.2 Å². The summed E-state index contributed by atoms with van der Waals surface area (Å²) in [5.74, 6) is -0.000288. The molecule has 4 aliphatic rings. The zero-order valence-corrected chi connectivity index (χ0v) is 19.1. The van der Waals surface area contributed by atoms with Crippen LogP contribution in [-0.4, -0.2) is 36.2 Å². The maximum Gasteiger partial charge on any atom is 0.313 e. The first kappa shape index (κ1) is 22.2. The first-order valence-corrected chi connectivity index (χ1v) is 11.6. The molecule has 0 aromatic carbocycles. The van der Waals surface area contributed by atoms with Gasteiger partial charge in [0.05, 0.1) is 7.11 Å². The van der Waals surface area contributed by atoms with Crippen LogP contribution in [0.5, 0.6) is 0 Å². The Hall–Kier alpha value is -1.98. The number of Topliss-reactive ketones (excluding diaryl/α,β-unsaturated/α-hetero) is 1. The van der Waals surface area contributed by atoms with Gasteiger partial charge >= 0.3 is 11.9 Å². The van der Waals surface area contributed by atoms with Crippen molar-refractivity contribution in [3.63, 3.8) is 0 Å². The van der Waals surface area contributed by atoms with E-state index in [4.69, 9.17) is 9.47 Å². The topological polar surface area (TPSA) is 86.7 Å². The fourth-order valence-electron chi connectivity index (χ4n) is 7.83. The first-order valence-electron chi connectivity index (χ1n) is 11.6. The number of allylic oxidation sites excluding steroid dienone is 1. The second kappa shape index (κ2) is 7.56. The Balaban J connectivity index is 1.68. The molecule has 0 spiro atoms. The lowest BCUT2D eigenvalue weighted by Gasteiger charge is -2.59. The zero-order chi connectivity index (χ0) is 22.6. The van der Waals surface area contributed by atoms with Crippen molar-refractivity contribution in [2.45, 2.75) is 84.2 Å². The summed E-state index contributed by atoms with van der Waals surface area (Å²) in [6, 6.07) is 0. The van der Waals surface area contributed by atoms with Crippen LogP contribution in [-0.2, 0) is 28.7 Å². The lowest BCUT2D eigenvalue weighted by molar-refractivity contribution is -0.189. The van der Waals surface area contributed by atoms with Crippen LogP contribution in [0, 0.1) is 28.6 Å². The van der Waals surface area contributed by atoms with Crippen molar-refractivity contribution in [3.05, 3.63) is 11.6 Å². The minimum Gasteiger partial charge on any atom is -0.469 e. The third-order valence-electron chi connectivity index (χ3n) is 9.38. The number of hydrogen-bond donors (Lipinski definition) is 0. The fourth-order valence-corrected chi connectivity index (χ4v) is 7.83. The van der Waals surface area contributed by atoms with Gasteiger partial charge in [0.15, 0.2) is 17.2 Å². The Bertz CT molecular complexity index is 858. The first-order chi connectivity index (χ1) is 14.6. The third-order valence-corrected chi connectivity index (χ3v) is 9.38. The SMILES string of the molecule is COC(=O)CC(=O)[C@]1(OC(C)=O)CC[C@H]2[C@@H]3CCC4=CC(=O)CC[C@]4(C)[C@H]3CC[C@@]21C. The van der Waals surface area contributed by atoms with Crippen LogP contribution in [0.1, 0.15) is 78.6 Å². The molecule has 0 aromatic heterocycles. The Labute approximate surface area is 184 Å². The lowest BCUT2D eigenvalue weighted by atomic mass is 9.46. The second-order valence-corrected chi connectivity index (χ2v) is 10.6. The van der Waals surface area contributed by atoms with Crippen LogP contribution in [0.4, 0.5) is 0 Å². The highest BCUT2D eigenvalue weighted by molar-refractivity contribution is 6.02. The van der Waals surface area contributed by atoms with Crippen molar-refractivity contribution in [2.24, 2.45) is 28.6 Å². The van der Waals surface area contributed by atoms with Gasteiger partial charge in [-0.25, -0.2) is 0 Å². The number of ether oxygens (including phenoxy) is 2. The molecule has 0 unspecified atom stereocenters. The number of ketones is 2. The van der Waals surface area contributed by atoms with Gasteiger partial charge in [0, 0.05) is 18.8 Å². The fraction of sp³-hybridized carbons (Fsp3) is 0.760. The summed E-state index contributed by atoms with van der Waals surface area (Å²) in [7, 11) is 1.27. The van der Waals surface area contributed by atoms with E-state index in [0.29, 0.717) is 24.7 Å². The summed E-state index contributed by atoms with van der Waals surface area (Å²) in [4.78, 5) is 49.4. The Morgan fingerprint density at radius 3 is 2.42 bits per heavy atom. The monoisotopic (exact) mass is 430 g/mol. The molecule has 0 N–H and O–H groups in total. The summed E-state index contributed by atoms with van der Waals surface area (Å²) in [6.07, 6.45) is 7.95. The maximum atomic E-state index is 13.4. The van der Waals surface area contributed by atoms with Gasteiger partial charge in [-0.1, -0.05) is 19.4 Å². The van der Waals surface area contributed by atoms with Crippen LogP contribution in [0.25, 0.3) is 0 Å². The number of hydrogen-bond acceptors (Lipinski definition) is 6. The predicted molar refractivity (Wildman–Crippen MR) is 113 cm³/mol. The van der Waals surface area contributed by atoms with Gasteiger partial charge in [0.2, 0.25) is 0 Å². The second-order valence-electron chi connectivity index (χ2n) is 10.6. The number of esters is 2. The van der Waals surface area contributed by atoms with E-state index in [-0.39, 0.29) is 29.3 Å². The van der Waals surface area contributed by atoms with Crippen molar-refractivity contribution in [2.75, 3.05) is 7.11 Å². The lowest BCUT2D eigenvalue weighted by Crippen LogP contribution is -2.59. The van der Waals surface area contributed by atoms with Gasteiger partial charge in [-0.05, 0) is 74.2 Å². The molecule has 0 heterocycles.